The smallest absolute Gasteiger partial charge is 0.143 e. The Balaban J connectivity index is 1.05. The maximum atomic E-state index is 7.07. The summed E-state index contributed by atoms with van der Waals surface area (Å²) in [5.74, 6) is 0. The highest BCUT2D eigenvalue weighted by atomic mass is 16.3. The molecule has 0 N–H and O–H groups in total. The van der Waals surface area contributed by atoms with E-state index in [1.807, 2.05) is 0 Å². The Labute approximate surface area is 355 Å². The largest absolute Gasteiger partial charge is 0.455 e. The fourth-order valence-electron chi connectivity index (χ4n) is 9.95. The highest BCUT2D eigenvalue weighted by molar-refractivity contribution is 6.21. The van der Waals surface area contributed by atoms with Gasteiger partial charge in [0.05, 0.1) is 0 Å². The molecule has 2 nitrogen and oxygen atoms in total. The molecule has 0 bridgehead atoms. The first kappa shape index (κ1) is 35.3. The highest BCUT2D eigenvalue weighted by Crippen LogP contribution is 2.51. The third-order valence-electron chi connectivity index (χ3n) is 13.0. The van der Waals surface area contributed by atoms with Gasteiger partial charge in [0.2, 0.25) is 0 Å². The Morgan fingerprint density at radius 3 is 1.72 bits per heavy atom. The first-order valence-electron chi connectivity index (χ1n) is 21.2. The van der Waals surface area contributed by atoms with E-state index in [0.29, 0.717) is 0 Å². The molecular weight excluding hydrogens is 739 g/mol. The van der Waals surface area contributed by atoms with Crippen molar-refractivity contribution in [1.29, 1.82) is 0 Å². The maximum Gasteiger partial charge on any atom is 0.143 e. The van der Waals surface area contributed by atoms with Crippen LogP contribution in [0.3, 0.4) is 0 Å². The van der Waals surface area contributed by atoms with Crippen LogP contribution in [0.2, 0.25) is 0 Å². The molecule has 0 saturated carbocycles. The van der Waals surface area contributed by atoms with Crippen LogP contribution in [-0.4, -0.2) is 0 Å². The van der Waals surface area contributed by atoms with Crippen LogP contribution in [0.25, 0.3) is 88.0 Å². The molecule has 288 valence electrons. The van der Waals surface area contributed by atoms with Crippen LogP contribution in [0.4, 0.5) is 17.1 Å². The van der Waals surface area contributed by atoms with Crippen LogP contribution < -0.4 is 4.90 Å². The molecule has 11 aromatic rings. The second-order valence-corrected chi connectivity index (χ2v) is 16.9. The van der Waals surface area contributed by atoms with Crippen molar-refractivity contribution in [3.05, 3.63) is 223 Å². The summed E-state index contributed by atoms with van der Waals surface area (Å²) in [6, 6.07) is 77.3. The van der Waals surface area contributed by atoms with E-state index in [1.165, 1.54) is 55.1 Å². The molecule has 1 heterocycles. The van der Waals surface area contributed by atoms with Crippen molar-refractivity contribution in [3.63, 3.8) is 0 Å². The summed E-state index contributed by atoms with van der Waals surface area (Å²) < 4.78 is 7.07. The zero-order chi connectivity index (χ0) is 40.7. The Morgan fingerprint density at radius 2 is 0.918 bits per heavy atom. The Hall–Kier alpha value is -7.68. The summed E-state index contributed by atoms with van der Waals surface area (Å²) in [5, 5.41) is 6.96. The number of hydrogen-bond acceptors (Lipinski definition) is 2. The van der Waals surface area contributed by atoms with Gasteiger partial charge in [0.15, 0.2) is 0 Å². The third kappa shape index (κ3) is 5.64. The monoisotopic (exact) mass is 779 g/mol. The Kier molecular flexibility index (Phi) is 7.92. The van der Waals surface area contributed by atoms with Crippen LogP contribution in [0.15, 0.2) is 217 Å². The maximum absolute atomic E-state index is 7.07. The number of nitrogens with zero attached hydrogens (tertiary/aromatic N) is 1. The van der Waals surface area contributed by atoms with Gasteiger partial charge < -0.3 is 9.32 Å². The molecule has 0 atom stereocenters. The topological polar surface area (TPSA) is 16.4 Å². The molecule has 1 aliphatic carbocycles. The van der Waals surface area contributed by atoms with Gasteiger partial charge >= 0.3 is 0 Å². The first-order chi connectivity index (χ1) is 30.0. The lowest BCUT2D eigenvalue weighted by molar-refractivity contribution is 0.660. The van der Waals surface area contributed by atoms with Gasteiger partial charge in [-0.2, -0.15) is 0 Å². The van der Waals surface area contributed by atoms with Crippen LogP contribution >= 0.6 is 0 Å². The van der Waals surface area contributed by atoms with Gasteiger partial charge in [0.1, 0.15) is 11.2 Å². The van der Waals surface area contributed by atoms with E-state index < -0.39 is 0 Å². The predicted molar refractivity (Wildman–Crippen MR) is 257 cm³/mol. The third-order valence-corrected chi connectivity index (χ3v) is 13.0. The second-order valence-electron chi connectivity index (χ2n) is 16.9. The van der Waals surface area contributed by atoms with Crippen molar-refractivity contribution < 1.29 is 4.42 Å². The minimum atomic E-state index is -0.115. The van der Waals surface area contributed by atoms with E-state index in [2.05, 4.69) is 231 Å². The number of benzene rings is 10. The van der Waals surface area contributed by atoms with Crippen molar-refractivity contribution in [3.8, 4) is 44.5 Å². The summed E-state index contributed by atoms with van der Waals surface area (Å²) in [6.07, 6.45) is 0. The van der Waals surface area contributed by atoms with Crippen LogP contribution in [0.5, 0.6) is 0 Å². The van der Waals surface area contributed by atoms with Crippen molar-refractivity contribution in [2.75, 3.05) is 4.90 Å². The minimum absolute atomic E-state index is 0.115. The van der Waals surface area contributed by atoms with Crippen LogP contribution in [0.1, 0.15) is 25.0 Å². The summed E-state index contributed by atoms with van der Waals surface area (Å²) in [6.45, 7) is 4.70. The lowest BCUT2D eigenvalue weighted by Gasteiger charge is -2.28. The molecule has 61 heavy (non-hydrogen) atoms. The van der Waals surface area contributed by atoms with E-state index >= 15 is 0 Å². The summed E-state index contributed by atoms with van der Waals surface area (Å²) in [7, 11) is 0. The van der Waals surface area contributed by atoms with E-state index in [9.17, 15) is 0 Å². The zero-order valence-electron chi connectivity index (χ0n) is 34.1. The van der Waals surface area contributed by atoms with Crippen LogP contribution in [-0.2, 0) is 5.41 Å². The summed E-state index contributed by atoms with van der Waals surface area (Å²) >= 11 is 0. The van der Waals surface area contributed by atoms with Gasteiger partial charge in [-0.3, -0.25) is 0 Å². The summed E-state index contributed by atoms with van der Waals surface area (Å²) in [4.78, 5) is 2.41. The molecule has 10 aromatic carbocycles. The minimum Gasteiger partial charge on any atom is -0.455 e. The van der Waals surface area contributed by atoms with Gasteiger partial charge in [-0.15, -0.1) is 0 Å². The highest BCUT2D eigenvalue weighted by Gasteiger charge is 2.35. The van der Waals surface area contributed by atoms with Crippen molar-refractivity contribution in [1.82, 2.24) is 0 Å². The van der Waals surface area contributed by atoms with Gasteiger partial charge in [-0.1, -0.05) is 172 Å². The molecule has 0 unspecified atom stereocenters. The molecule has 0 fully saturated rings. The van der Waals surface area contributed by atoms with E-state index in [-0.39, 0.29) is 5.41 Å². The number of anilines is 3. The molecule has 2 heteroatoms. The molecule has 0 amide bonds. The van der Waals surface area contributed by atoms with Gasteiger partial charge in [0.25, 0.3) is 0 Å². The standard InChI is InChI=1S/C59H41NO/c1-59(2)55-24-14-13-22-48(55)49-32-31-46(36-56(49)59)60(45-30-25-39-17-9-10-20-42(39)33-45)44-28-26-41(27-29-44)52-34-43(38-15-5-3-6-16-38)35-53-54-37-51(40-18-7-4-8-19-40)47-21-11-12-23-50(47)57(54)61-58(52)53/h3-37H,1-2H3. The number of furan rings is 1. The molecule has 0 spiro atoms. The molecular formula is C59H41NO. The average Bonchev–Trinajstić information content (AvgIpc) is 3.81. The summed E-state index contributed by atoms with van der Waals surface area (Å²) in [5.41, 5.74) is 17.3. The van der Waals surface area contributed by atoms with Crippen LogP contribution in [0, 0.1) is 0 Å². The quantitative estimate of drug-likeness (QED) is 0.167. The first-order valence-corrected chi connectivity index (χ1v) is 21.2. The molecule has 0 aliphatic heterocycles. The lowest BCUT2D eigenvalue weighted by atomic mass is 9.82. The fraction of sp³-hybridized carbons (Fsp3) is 0.0508. The van der Waals surface area contributed by atoms with E-state index in [4.69, 9.17) is 4.42 Å². The van der Waals surface area contributed by atoms with Crippen molar-refractivity contribution in [2.45, 2.75) is 19.3 Å². The second kappa shape index (κ2) is 13.7. The average molecular weight is 780 g/mol. The van der Waals surface area contributed by atoms with Crippen molar-refractivity contribution in [2.24, 2.45) is 0 Å². The lowest BCUT2D eigenvalue weighted by Crippen LogP contribution is -2.16. The molecule has 1 aliphatic rings. The number of hydrogen-bond donors (Lipinski definition) is 0. The van der Waals surface area contributed by atoms with E-state index in [1.54, 1.807) is 0 Å². The zero-order valence-corrected chi connectivity index (χ0v) is 34.1. The normalized spacial score (nSPS) is 12.9. The van der Waals surface area contributed by atoms with E-state index in [0.717, 1.165) is 61.1 Å². The molecule has 0 saturated heterocycles. The molecule has 1 aromatic heterocycles. The van der Waals surface area contributed by atoms with Crippen molar-refractivity contribution >= 4 is 60.5 Å². The molecule has 12 rings (SSSR count). The fourth-order valence-corrected chi connectivity index (χ4v) is 9.95. The van der Waals surface area contributed by atoms with Gasteiger partial charge in [0, 0.05) is 44.2 Å². The number of rotatable bonds is 6. The SMILES string of the molecule is CC1(C)c2ccccc2-c2ccc(N(c3ccc(-c4cc(-c5ccccc5)cc5c4oc4c6ccccc6c(-c6ccccc6)cc54)cc3)c3ccc4ccccc4c3)cc21. The predicted octanol–water partition coefficient (Wildman–Crippen LogP) is 16.7. The van der Waals surface area contributed by atoms with Gasteiger partial charge in [-0.25, -0.2) is 0 Å². The Bertz CT molecular complexity index is 3490. The van der Waals surface area contributed by atoms with Gasteiger partial charge in [-0.05, 0) is 121 Å². The Morgan fingerprint density at radius 1 is 0.328 bits per heavy atom. The molecule has 0 radical (unpaired) electrons. The number of fused-ring (bicyclic) bond motifs is 9.